The Labute approximate surface area is 59.1 Å². The van der Waals surface area contributed by atoms with Crippen molar-refractivity contribution in [2.75, 3.05) is 0 Å². The second-order valence-electron chi connectivity index (χ2n) is 0. The van der Waals surface area contributed by atoms with Crippen LogP contribution in [0.1, 0.15) is 1.43 Å². The van der Waals surface area contributed by atoms with Gasteiger partial charge in [-0.2, -0.15) is 0 Å². The van der Waals surface area contributed by atoms with E-state index in [1.807, 2.05) is 0 Å². The van der Waals surface area contributed by atoms with E-state index < -0.39 is 0 Å². The monoisotopic (exact) mass is 90.0 g/mol. The van der Waals surface area contributed by atoms with Gasteiger partial charge in [0.15, 0.2) is 17.4 Å². The van der Waals surface area contributed by atoms with Gasteiger partial charge in [0.1, 0.15) is 0 Å². The molecule has 24 valence electrons. The van der Waals surface area contributed by atoms with E-state index in [4.69, 9.17) is 0 Å². The molecule has 0 spiro atoms. The van der Waals surface area contributed by atoms with Crippen molar-refractivity contribution in [3.8, 4) is 0 Å². The van der Waals surface area contributed by atoms with E-state index in [0.29, 0.717) is 0 Å². The molecule has 0 saturated carbocycles. The summed E-state index contributed by atoms with van der Waals surface area (Å²) in [4.78, 5) is 0. The van der Waals surface area contributed by atoms with Crippen LogP contribution in [-0.4, -0.2) is 28.3 Å². The Morgan fingerprint density at radius 2 is 1.00 bits per heavy atom. The molecule has 4 N–H and O–H groups in total. The fourth-order valence-electron chi connectivity index (χ4n) is 0. The minimum Gasteiger partial charge on any atom is -1.00 e. The van der Waals surface area contributed by atoms with Crippen LogP contribution in [0.25, 0.3) is 0 Å². The third-order valence-corrected chi connectivity index (χ3v) is 0. The molecule has 0 aromatic heterocycles. The SMILES string of the molecule is O.O.[AlH3].[H-].[Na+]. The van der Waals surface area contributed by atoms with Gasteiger partial charge in [-0.3, -0.25) is 0 Å². The van der Waals surface area contributed by atoms with E-state index in [1.54, 1.807) is 0 Å². The molecule has 0 aliphatic heterocycles. The van der Waals surface area contributed by atoms with E-state index in [0.717, 1.165) is 0 Å². The van der Waals surface area contributed by atoms with Crippen LogP contribution >= 0.6 is 0 Å². The average Bonchev–Trinajstić information content (AvgIpc) is 0. The van der Waals surface area contributed by atoms with Crippen molar-refractivity contribution in [1.29, 1.82) is 0 Å². The fraction of sp³-hybridized carbons (Fsp3) is 0. The largest absolute Gasteiger partial charge is 1.00 e. The first kappa shape index (κ1) is 51.2. The predicted molar refractivity (Wildman–Crippen MR) is 18.3 cm³/mol. The van der Waals surface area contributed by atoms with Gasteiger partial charge in [0, 0.05) is 0 Å². The molecule has 0 aromatic rings. The zero-order valence-corrected chi connectivity index (χ0v) is 4.00. The summed E-state index contributed by atoms with van der Waals surface area (Å²) in [5, 5.41) is 0. The third kappa shape index (κ3) is 9.84. The Morgan fingerprint density at radius 1 is 1.00 bits per heavy atom. The summed E-state index contributed by atoms with van der Waals surface area (Å²) in [6, 6.07) is 0. The van der Waals surface area contributed by atoms with Crippen molar-refractivity contribution in [3.63, 3.8) is 0 Å². The third-order valence-electron chi connectivity index (χ3n) is 0. The maximum Gasteiger partial charge on any atom is 1.00 e. The van der Waals surface area contributed by atoms with E-state index >= 15 is 0 Å². The Morgan fingerprint density at radius 3 is 1.00 bits per heavy atom. The molecule has 0 aliphatic rings. The van der Waals surface area contributed by atoms with Gasteiger partial charge in [0.25, 0.3) is 0 Å². The smallest absolute Gasteiger partial charge is 1.00 e. The molecule has 0 saturated heterocycles. The standard InChI is InChI=1S/Al.Na.2H2O.4H/h;;2*1H2;;;;/q;+1;;;;;;-1. The van der Waals surface area contributed by atoms with Gasteiger partial charge in [-0.15, -0.1) is 0 Å². The van der Waals surface area contributed by atoms with Crippen molar-refractivity contribution < 1.29 is 41.9 Å². The maximum atomic E-state index is 0. The first-order valence-corrected chi connectivity index (χ1v) is 0. The second-order valence-corrected chi connectivity index (χ2v) is 0. The van der Waals surface area contributed by atoms with Gasteiger partial charge in [-0.1, -0.05) is 0 Å². The fourth-order valence-corrected chi connectivity index (χ4v) is 0. The first-order chi connectivity index (χ1) is 0. The van der Waals surface area contributed by atoms with Crippen LogP contribution in [0.2, 0.25) is 0 Å². The molecule has 0 radical (unpaired) electrons. The van der Waals surface area contributed by atoms with Gasteiger partial charge in [0.05, 0.1) is 0 Å². The zero-order chi connectivity index (χ0) is 0. The van der Waals surface area contributed by atoms with E-state index in [-0.39, 0.29) is 59.3 Å². The molecule has 0 unspecified atom stereocenters. The van der Waals surface area contributed by atoms with Crippen LogP contribution in [0.15, 0.2) is 0 Å². The summed E-state index contributed by atoms with van der Waals surface area (Å²) < 4.78 is 0. The summed E-state index contributed by atoms with van der Waals surface area (Å²) >= 11 is 0. The van der Waals surface area contributed by atoms with Crippen molar-refractivity contribution in [2.45, 2.75) is 0 Å². The van der Waals surface area contributed by atoms with Crippen molar-refractivity contribution >= 4 is 17.4 Å². The average molecular weight is 90.0 g/mol. The molecule has 4 heavy (non-hydrogen) atoms. The molecule has 0 fully saturated rings. The topological polar surface area (TPSA) is 63.0 Å². The van der Waals surface area contributed by atoms with Gasteiger partial charge >= 0.3 is 29.6 Å². The van der Waals surface area contributed by atoms with Gasteiger partial charge in [-0.05, 0) is 0 Å². The van der Waals surface area contributed by atoms with E-state index in [1.165, 1.54) is 0 Å². The van der Waals surface area contributed by atoms with Crippen LogP contribution in [0.3, 0.4) is 0 Å². The van der Waals surface area contributed by atoms with Gasteiger partial charge < -0.3 is 12.4 Å². The Balaban J connectivity index is 0. The van der Waals surface area contributed by atoms with Gasteiger partial charge in [0.2, 0.25) is 0 Å². The summed E-state index contributed by atoms with van der Waals surface area (Å²) in [5.74, 6) is 0. The maximum absolute atomic E-state index is 0. The molecular formula is H8AlNaO2. The zero-order valence-electron chi connectivity index (χ0n) is 3.00. The molecule has 4 heteroatoms. The van der Waals surface area contributed by atoms with Crippen molar-refractivity contribution in [3.05, 3.63) is 0 Å². The summed E-state index contributed by atoms with van der Waals surface area (Å²) in [6.45, 7) is 0. The first-order valence-electron chi connectivity index (χ1n) is 0. The molecule has 2 nitrogen and oxygen atoms in total. The van der Waals surface area contributed by atoms with Crippen LogP contribution in [0, 0.1) is 0 Å². The predicted octanol–water partition coefficient (Wildman–Crippen LogP) is -5.72. The minimum absolute atomic E-state index is 0. The summed E-state index contributed by atoms with van der Waals surface area (Å²) in [5.41, 5.74) is 0. The van der Waals surface area contributed by atoms with Crippen LogP contribution in [0.5, 0.6) is 0 Å². The molecular weight excluding hydrogens is 82.0 g/mol. The number of hydrogen-bond acceptors (Lipinski definition) is 0. The molecule has 0 aromatic carbocycles. The Bertz CT molecular complexity index is 9.61. The molecule has 0 aliphatic carbocycles. The van der Waals surface area contributed by atoms with Gasteiger partial charge in [-0.25, -0.2) is 0 Å². The van der Waals surface area contributed by atoms with E-state index in [2.05, 4.69) is 0 Å². The Kier molecular flexibility index (Phi) is 322. The van der Waals surface area contributed by atoms with Crippen molar-refractivity contribution in [2.24, 2.45) is 0 Å². The molecule has 0 bridgehead atoms. The second kappa shape index (κ2) is 25.2. The molecule has 0 amide bonds. The minimum atomic E-state index is 0. The molecule has 0 heterocycles. The molecule has 0 rings (SSSR count). The molecule has 0 atom stereocenters. The quantitative estimate of drug-likeness (QED) is 0.266. The summed E-state index contributed by atoms with van der Waals surface area (Å²) in [7, 11) is 0. The normalized spacial score (nSPS) is 0. The summed E-state index contributed by atoms with van der Waals surface area (Å²) in [6.07, 6.45) is 0. The number of rotatable bonds is 0. The van der Waals surface area contributed by atoms with Crippen molar-refractivity contribution in [1.82, 2.24) is 0 Å². The Hall–Kier alpha value is 1.45. The number of hydrogen-bond donors (Lipinski definition) is 0. The van der Waals surface area contributed by atoms with E-state index in [9.17, 15) is 0 Å². The van der Waals surface area contributed by atoms with Crippen LogP contribution in [-0.2, 0) is 0 Å². The van der Waals surface area contributed by atoms with Crippen LogP contribution in [0.4, 0.5) is 0 Å². The van der Waals surface area contributed by atoms with Crippen LogP contribution < -0.4 is 29.6 Å².